The first kappa shape index (κ1) is 15.9. The van der Waals surface area contributed by atoms with Gasteiger partial charge in [0.15, 0.2) is 0 Å². The van der Waals surface area contributed by atoms with Gasteiger partial charge < -0.3 is 4.74 Å². The molecule has 0 aliphatic heterocycles. The van der Waals surface area contributed by atoms with Gasteiger partial charge in [0.05, 0.1) is 12.0 Å². The maximum atomic E-state index is 12.6. The number of hydrogen-bond donors (Lipinski definition) is 1. The molecule has 0 atom stereocenters. The lowest BCUT2D eigenvalue weighted by molar-refractivity contribution is 0.407. The Hall–Kier alpha value is -2.00. The predicted octanol–water partition coefficient (Wildman–Crippen LogP) is 1.28. The Bertz CT molecular complexity index is 755. The van der Waals surface area contributed by atoms with Crippen molar-refractivity contribution in [3.8, 4) is 11.4 Å². The van der Waals surface area contributed by atoms with Crippen molar-refractivity contribution < 1.29 is 13.2 Å². The quantitative estimate of drug-likeness (QED) is 0.882. The Morgan fingerprint density at radius 1 is 1.26 bits per heavy atom. The Labute approximate surface area is 134 Å². The maximum absolute atomic E-state index is 12.6. The summed E-state index contributed by atoms with van der Waals surface area (Å²) in [6, 6.07) is 4.66. The van der Waals surface area contributed by atoms with Crippen LogP contribution in [0.25, 0.3) is 5.69 Å². The van der Waals surface area contributed by atoms with E-state index in [0.717, 1.165) is 25.7 Å². The van der Waals surface area contributed by atoms with Crippen molar-refractivity contribution >= 4 is 10.0 Å². The summed E-state index contributed by atoms with van der Waals surface area (Å²) >= 11 is 0. The number of nitrogens with one attached hydrogen (secondary N) is 1. The van der Waals surface area contributed by atoms with Crippen molar-refractivity contribution in [2.45, 2.75) is 43.0 Å². The molecule has 1 fully saturated rings. The number of rotatable bonds is 5. The molecule has 1 aliphatic rings. The van der Waals surface area contributed by atoms with Crippen molar-refractivity contribution in [3.05, 3.63) is 24.5 Å². The summed E-state index contributed by atoms with van der Waals surface area (Å²) < 4.78 is 34.6. The van der Waals surface area contributed by atoms with Crippen molar-refractivity contribution in [1.29, 1.82) is 0 Å². The smallest absolute Gasteiger partial charge is 0.240 e. The van der Waals surface area contributed by atoms with Crippen LogP contribution in [0.4, 0.5) is 0 Å². The van der Waals surface area contributed by atoms with Crippen LogP contribution >= 0.6 is 0 Å². The monoisotopic (exact) mass is 337 g/mol. The van der Waals surface area contributed by atoms with Crippen LogP contribution < -0.4 is 9.46 Å². The molecule has 2 aromatic rings. The highest BCUT2D eigenvalue weighted by atomic mass is 32.2. The molecule has 1 heterocycles. The first-order chi connectivity index (χ1) is 11.1. The van der Waals surface area contributed by atoms with Crippen molar-refractivity contribution in [1.82, 2.24) is 24.9 Å². The van der Waals surface area contributed by atoms with E-state index in [1.807, 2.05) is 0 Å². The van der Waals surface area contributed by atoms with Gasteiger partial charge in [-0.25, -0.2) is 13.1 Å². The van der Waals surface area contributed by atoms with E-state index in [4.69, 9.17) is 4.74 Å². The number of methoxy groups -OCH3 is 1. The zero-order valence-electron chi connectivity index (χ0n) is 12.8. The number of benzene rings is 1. The topological polar surface area (TPSA) is 99.0 Å². The van der Waals surface area contributed by atoms with Crippen LogP contribution in [0, 0.1) is 0 Å². The summed E-state index contributed by atoms with van der Waals surface area (Å²) in [5.41, 5.74) is 0.578. The zero-order chi connectivity index (χ0) is 16.3. The SMILES string of the molecule is COc1cc(S(=O)(=O)NC2CCCCC2)ccc1-n1cnnn1. The molecule has 0 amide bonds. The molecule has 0 radical (unpaired) electrons. The highest BCUT2D eigenvalue weighted by Gasteiger charge is 2.23. The fourth-order valence-corrected chi connectivity index (χ4v) is 4.11. The van der Waals surface area contributed by atoms with Crippen LogP contribution in [0.3, 0.4) is 0 Å². The summed E-state index contributed by atoms with van der Waals surface area (Å²) in [6.45, 7) is 0. The Morgan fingerprint density at radius 3 is 2.70 bits per heavy atom. The molecule has 0 unspecified atom stereocenters. The van der Waals surface area contributed by atoms with E-state index in [9.17, 15) is 8.42 Å². The Morgan fingerprint density at radius 2 is 2.04 bits per heavy atom. The third-order valence-corrected chi connectivity index (χ3v) is 5.50. The van der Waals surface area contributed by atoms with Gasteiger partial charge in [0, 0.05) is 12.1 Å². The van der Waals surface area contributed by atoms with Gasteiger partial charge in [-0.1, -0.05) is 19.3 Å². The summed E-state index contributed by atoms with van der Waals surface area (Å²) in [4.78, 5) is 0.178. The summed E-state index contributed by atoms with van der Waals surface area (Å²) in [7, 11) is -2.09. The Kier molecular flexibility index (Phi) is 4.58. The average Bonchev–Trinajstić information content (AvgIpc) is 3.09. The third-order valence-electron chi connectivity index (χ3n) is 3.98. The fraction of sp³-hybridized carbons (Fsp3) is 0.500. The van der Waals surface area contributed by atoms with Gasteiger partial charge in [0.1, 0.15) is 17.8 Å². The molecule has 3 rings (SSSR count). The second-order valence-corrected chi connectivity index (χ2v) is 7.26. The predicted molar refractivity (Wildman–Crippen MR) is 82.9 cm³/mol. The molecule has 1 aromatic carbocycles. The van der Waals surface area contributed by atoms with Crippen LogP contribution in [0.1, 0.15) is 32.1 Å². The van der Waals surface area contributed by atoms with E-state index in [1.54, 1.807) is 6.07 Å². The van der Waals surface area contributed by atoms with Crippen molar-refractivity contribution in [2.24, 2.45) is 0 Å². The highest BCUT2D eigenvalue weighted by Crippen LogP contribution is 2.26. The van der Waals surface area contributed by atoms with E-state index in [2.05, 4.69) is 20.2 Å². The molecule has 1 aromatic heterocycles. The summed E-state index contributed by atoms with van der Waals surface area (Å²) in [6.07, 6.45) is 6.50. The fourth-order valence-electron chi connectivity index (χ4n) is 2.79. The van der Waals surface area contributed by atoms with Crippen LogP contribution in [0.15, 0.2) is 29.4 Å². The van der Waals surface area contributed by atoms with Crippen LogP contribution in [0.2, 0.25) is 0 Å². The first-order valence-electron chi connectivity index (χ1n) is 7.54. The minimum absolute atomic E-state index is 0.0129. The molecule has 0 saturated heterocycles. The number of hydrogen-bond acceptors (Lipinski definition) is 6. The van der Waals surface area contributed by atoms with Gasteiger partial charge in [-0.2, -0.15) is 4.68 Å². The van der Waals surface area contributed by atoms with Crippen LogP contribution in [-0.2, 0) is 10.0 Å². The van der Waals surface area contributed by atoms with E-state index < -0.39 is 10.0 Å². The first-order valence-corrected chi connectivity index (χ1v) is 9.02. The molecule has 0 bridgehead atoms. The summed E-state index contributed by atoms with van der Waals surface area (Å²) in [5, 5.41) is 10.9. The van der Waals surface area contributed by atoms with Gasteiger partial charge in [-0.15, -0.1) is 5.10 Å². The number of tetrazole rings is 1. The molecule has 0 spiro atoms. The lowest BCUT2D eigenvalue weighted by Crippen LogP contribution is -2.36. The second-order valence-electron chi connectivity index (χ2n) is 5.54. The molecule has 1 saturated carbocycles. The summed E-state index contributed by atoms with van der Waals surface area (Å²) in [5.74, 6) is 0.392. The molecule has 124 valence electrons. The van der Waals surface area contributed by atoms with E-state index in [1.165, 1.54) is 36.7 Å². The van der Waals surface area contributed by atoms with E-state index in [0.29, 0.717) is 11.4 Å². The van der Waals surface area contributed by atoms with Gasteiger partial charge in [0.2, 0.25) is 10.0 Å². The number of sulfonamides is 1. The minimum atomic E-state index is -3.57. The standard InChI is InChI=1S/C14H19N5O3S/c1-22-14-9-12(7-8-13(14)19-10-15-17-18-19)23(20,21)16-11-5-3-2-4-6-11/h7-11,16H,2-6H2,1H3. The average molecular weight is 337 g/mol. The minimum Gasteiger partial charge on any atom is -0.494 e. The Balaban J connectivity index is 1.87. The molecule has 9 heteroatoms. The molecule has 8 nitrogen and oxygen atoms in total. The zero-order valence-corrected chi connectivity index (χ0v) is 13.7. The number of nitrogens with zero attached hydrogens (tertiary/aromatic N) is 4. The normalized spacial score (nSPS) is 16.4. The van der Waals surface area contributed by atoms with Crippen LogP contribution in [-0.4, -0.2) is 41.8 Å². The van der Waals surface area contributed by atoms with Crippen molar-refractivity contribution in [3.63, 3.8) is 0 Å². The third kappa shape index (κ3) is 3.50. The largest absolute Gasteiger partial charge is 0.494 e. The molecular weight excluding hydrogens is 318 g/mol. The second kappa shape index (κ2) is 6.63. The number of ether oxygens (including phenoxy) is 1. The van der Waals surface area contributed by atoms with Crippen molar-refractivity contribution in [2.75, 3.05) is 7.11 Å². The molecule has 1 aliphatic carbocycles. The van der Waals surface area contributed by atoms with Gasteiger partial charge in [-0.3, -0.25) is 0 Å². The van der Waals surface area contributed by atoms with Gasteiger partial charge in [-0.05, 0) is 35.4 Å². The molecular formula is C14H19N5O3S. The molecule has 1 N–H and O–H groups in total. The number of aromatic nitrogens is 4. The highest BCUT2D eigenvalue weighted by molar-refractivity contribution is 7.89. The van der Waals surface area contributed by atoms with Gasteiger partial charge in [0.25, 0.3) is 0 Å². The molecule has 23 heavy (non-hydrogen) atoms. The maximum Gasteiger partial charge on any atom is 0.240 e. The van der Waals surface area contributed by atoms with Crippen LogP contribution in [0.5, 0.6) is 5.75 Å². The van der Waals surface area contributed by atoms with E-state index >= 15 is 0 Å². The van der Waals surface area contributed by atoms with E-state index in [-0.39, 0.29) is 10.9 Å². The lowest BCUT2D eigenvalue weighted by atomic mass is 9.96. The lowest BCUT2D eigenvalue weighted by Gasteiger charge is -2.22. The van der Waals surface area contributed by atoms with Gasteiger partial charge >= 0.3 is 0 Å².